The Morgan fingerprint density at radius 2 is 1.94 bits per heavy atom. The Kier molecular flexibility index (Phi) is 5.73. The van der Waals surface area contributed by atoms with Gasteiger partial charge in [-0.3, -0.25) is 14.5 Å². The van der Waals surface area contributed by atoms with Gasteiger partial charge in [0.25, 0.3) is 5.91 Å². The Balaban J connectivity index is 1.89. The van der Waals surface area contributed by atoms with Crippen LogP contribution < -0.4 is 14.4 Å². The third-order valence-electron chi connectivity index (χ3n) is 5.28. The summed E-state index contributed by atoms with van der Waals surface area (Å²) in [5, 5.41) is 10.8. The van der Waals surface area contributed by atoms with Gasteiger partial charge in [-0.2, -0.15) is 0 Å². The van der Waals surface area contributed by atoms with Crippen molar-refractivity contribution in [3.8, 4) is 11.5 Å². The van der Waals surface area contributed by atoms with Crippen molar-refractivity contribution in [1.82, 2.24) is 0 Å². The van der Waals surface area contributed by atoms with Gasteiger partial charge in [-0.1, -0.05) is 18.2 Å². The zero-order chi connectivity index (χ0) is 22.8. The Bertz CT molecular complexity index is 1190. The van der Waals surface area contributed by atoms with Gasteiger partial charge in [0.1, 0.15) is 0 Å². The predicted octanol–water partition coefficient (Wildman–Crippen LogP) is 4.78. The molecule has 0 fully saturated rings. The third-order valence-corrected chi connectivity index (χ3v) is 5.28. The van der Waals surface area contributed by atoms with Crippen LogP contribution in [0, 0.1) is 6.92 Å². The molecule has 4 rings (SSSR count). The highest BCUT2D eigenvalue weighted by molar-refractivity contribution is 6.20. The highest BCUT2D eigenvalue weighted by Crippen LogP contribution is 2.44. The van der Waals surface area contributed by atoms with Crippen molar-refractivity contribution in [2.75, 3.05) is 18.6 Å². The third kappa shape index (κ3) is 3.62. The van der Waals surface area contributed by atoms with Gasteiger partial charge in [-0.25, -0.2) is 0 Å². The lowest BCUT2D eigenvalue weighted by Gasteiger charge is -2.27. The highest BCUT2D eigenvalue weighted by Gasteiger charge is 2.45. The van der Waals surface area contributed by atoms with Gasteiger partial charge in [0.2, 0.25) is 5.78 Å². The normalized spacial score (nSPS) is 15.9. The molecule has 0 saturated carbocycles. The molecule has 1 aliphatic rings. The van der Waals surface area contributed by atoms with Crippen molar-refractivity contribution < 1.29 is 28.6 Å². The number of ether oxygens (including phenoxy) is 2. The summed E-state index contributed by atoms with van der Waals surface area (Å²) in [6.45, 7) is 4.22. The summed E-state index contributed by atoms with van der Waals surface area (Å²) in [4.78, 5) is 27.9. The van der Waals surface area contributed by atoms with Gasteiger partial charge in [0, 0.05) is 5.69 Å². The molecule has 0 saturated heterocycles. The number of aliphatic hydroxyl groups excluding tert-OH is 1. The fourth-order valence-corrected chi connectivity index (χ4v) is 3.87. The van der Waals surface area contributed by atoms with Crippen LogP contribution in [0.25, 0.3) is 0 Å². The van der Waals surface area contributed by atoms with Gasteiger partial charge >= 0.3 is 0 Å². The summed E-state index contributed by atoms with van der Waals surface area (Å²) < 4.78 is 16.3. The van der Waals surface area contributed by atoms with Crippen molar-refractivity contribution in [2.24, 2.45) is 0 Å². The van der Waals surface area contributed by atoms with Gasteiger partial charge < -0.3 is 19.0 Å². The first-order valence-electron chi connectivity index (χ1n) is 10.2. The van der Waals surface area contributed by atoms with Crippen LogP contribution in [0.5, 0.6) is 11.5 Å². The van der Waals surface area contributed by atoms with E-state index in [9.17, 15) is 14.7 Å². The second-order valence-corrected chi connectivity index (χ2v) is 7.33. The van der Waals surface area contributed by atoms with Crippen molar-refractivity contribution in [2.45, 2.75) is 19.9 Å². The largest absolute Gasteiger partial charge is 0.503 e. The number of aryl methyl sites for hydroxylation is 1. The molecule has 0 radical (unpaired) electrons. The van der Waals surface area contributed by atoms with Crippen molar-refractivity contribution in [3.05, 3.63) is 89.1 Å². The fourth-order valence-electron chi connectivity index (χ4n) is 3.87. The molecule has 1 aliphatic heterocycles. The van der Waals surface area contributed by atoms with E-state index in [1.807, 2.05) is 32.0 Å². The van der Waals surface area contributed by atoms with E-state index in [0.717, 1.165) is 5.56 Å². The summed E-state index contributed by atoms with van der Waals surface area (Å²) in [5.74, 6) is -0.800. The van der Waals surface area contributed by atoms with Gasteiger partial charge in [-0.15, -0.1) is 0 Å². The van der Waals surface area contributed by atoms with Crippen LogP contribution in [0.2, 0.25) is 0 Å². The molecule has 1 atom stereocenters. The number of amides is 1. The molecule has 32 heavy (non-hydrogen) atoms. The maximum absolute atomic E-state index is 13.3. The van der Waals surface area contributed by atoms with Crippen LogP contribution in [-0.2, 0) is 4.79 Å². The molecule has 3 aromatic rings. The van der Waals surface area contributed by atoms with Crippen molar-refractivity contribution >= 4 is 17.4 Å². The Hall–Kier alpha value is -4.00. The quantitative estimate of drug-likeness (QED) is 0.540. The first-order valence-corrected chi connectivity index (χ1v) is 10.2. The summed E-state index contributed by atoms with van der Waals surface area (Å²) in [5.41, 5.74) is 2.02. The molecule has 164 valence electrons. The van der Waals surface area contributed by atoms with E-state index in [0.29, 0.717) is 29.4 Å². The molecular formula is C25H23NO6. The number of methoxy groups -OCH3 is 1. The van der Waals surface area contributed by atoms with Gasteiger partial charge in [-0.05, 0) is 61.4 Å². The molecule has 0 aliphatic carbocycles. The molecule has 2 aromatic carbocycles. The van der Waals surface area contributed by atoms with E-state index in [-0.39, 0.29) is 11.3 Å². The van der Waals surface area contributed by atoms with E-state index in [2.05, 4.69) is 0 Å². The molecule has 7 heteroatoms. The zero-order valence-electron chi connectivity index (χ0n) is 18.0. The number of hydrogen-bond donors (Lipinski definition) is 1. The van der Waals surface area contributed by atoms with Crippen LogP contribution in [-0.4, -0.2) is 30.5 Å². The Morgan fingerprint density at radius 1 is 1.12 bits per heavy atom. The average molecular weight is 433 g/mol. The second-order valence-electron chi connectivity index (χ2n) is 7.33. The molecule has 1 amide bonds. The minimum atomic E-state index is -0.883. The first-order chi connectivity index (χ1) is 15.5. The number of Topliss-reactive ketones (excluding diaryl/α,β-unsaturated/α-hetero) is 1. The topological polar surface area (TPSA) is 89.2 Å². The second kappa shape index (κ2) is 8.63. The number of aliphatic hydroxyl groups is 1. The molecule has 2 heterocycles. The number of rotatable bonds is 7. The van der Waals surface area contributed by atoms with Crippen LogP contribution in [0.4, 0.5) is 5.69 Å². The molecule has 1 unspecified atom stereocenters. The summed E-state index contributed by atoms with van der Waals surface area (Å²) in [6, 6.07) is 14.7. The lowest BCUT2D eigenvalue weighted by Crippen LogP contribution is -2.31. The maximum atomic E-state index is 13.3. The van der Waals surface area contributed by atoms with Crippen LogP contribution >= 0.6 is 0 Å². The zero-order valence-corrected chi connectivity index (χ0v) is 18.0. The Morgan fingerprint density at radius 3 is 2.59 bits per heavy atom. The number of anilines is 1. The molecular weight excluding hydrogens is 410 g/mol. The monoisotopic (exact) mass is 433 g/mol. The van der Waals surface area contributed by atoms with Crippen LogP contribution in [0.3, 0.4) is 0 Å². The van der Waals surface area contributed by atoms with E-state index < -0.39 is 23.5 Å². The summed E-state index contributed by atoms with van der Waals surface area (Å²) in [7, 11) is 1.52. The molecule has 0 bridgehead atoms. The minimum Gasteiger partial charge on any atom is -0.503 e. The maximum Gasteiger partial charge on any atom is 0.294 e. The first kappa shape index (κ1) is 21.2. The number of nitrogens with zero attached hydrogens (tertiary/aromatic N) is 1. The number of carbonyl (C=O) groups is 2. The van der Waals surface area contributed by atoms with Crippen molar-refractivity contribution in [1.29, 1.82) is 0 Å². The van der Waals surface area contributed by atoms with E-state index in [1.54, 1.807) is 30.3 Å². The lowest BCUT2D eigenvalue weighted by atomic mass is 9.94. The average Bonchev–Trinajstić information content (AvgIpc) is 3.41. The van der Waals surface area contributed by atoms with E-state index in [1.165, 1.54) is 24.3 Å². The number of carbonyl (C=O) groups excluding carboxylic acids is 2. The van der Waals surface area contributed by atoms with Gasteiger partial charge in [0.15, 0.2) is 23.0 Å². The highest BCUT2D eigenvalue weighted by atomic mass is 16.5. The predicted molar refractivity (Wildman–Crippen MR) is 118 cm³/mol. The number of hydrogen-bond acceptors (Lipinski definition) is 6. The van der Waals surface area contributed by atoms with Crippen LogP contribution in [0.15, 0.2) is 76.6 Å². The fraction of sp³-hybridized carbons (Fsp3) is 0.200. The summed E-state index contributed by atoms with van der Waals surface area (Å²) in [6.07, 6.45) is 1.37. The van der Waals surface area contributed by atoms with E-state index >= 15 is 0 Å². The smallest absolute Gasteiger partial charge is 0.294 e. The number of ketones is 1. The Labute approximate surface area is 185 Å². The molecule has 1 N–H and O–H groups in total. The molecule has 7 nitrogen and oxygen atoms in total. The lowest BCUT2D eigenvalue weighted by molar-refractivity contribution is -0.117. The standard InChI is InChI=1S/C25H23NO6/c1-4-31-18-11-10-16(14-20(18)30-3)22-21(23(27)19-9-6-12-32-19)24(28)25(29)26(22)17-8-5-7-15(2)13-17/h5-14,22,28H,4H2,1-3H3. The van der Waals surface area contributed by atoms with Gasteiger partial charge in [0.05, 0.1) is 31.6 Å². The van der Waals surface area contributed by atoms with Crippen molar-refractivity contribution in [3.63, 3.8) is 0 Å². The minimum absolute atomic E-state index is 0.0355. The number of benzene rings is 2. The molecule has 0 spiro atoms. The number of furan rings is 1. The SMILES string of the molecule is CCOc1ccc(C2C(C(=O)c3ccco3)=C(O)C(=O)N2c2cccc(C)c2)cc1OC. The molecule has 1 aromatic heterocycles. The summed E-state index contributed by atoms with van der Waals surface area (Å²) >= 11 is 0. The van der Waals surface area contributed by atoms with Crippen LogP contribution in [0.1, 0.15) is 34.6 Å². The van der Waals surface area contributed by atoms with E-state index in [4.69, 9.17) is 13.9 Å².